The molecule has 23 nitrogen and oxygen atoms in total. The van der Waals surface area contributed by atoms with Gasteiger partial charge in [0, 0.05) is 36.6 Å². The van der Waals surface area contributed by atoms with Crippen LogP contribution in [-0.2, 0) is 41.6 Å². The van der Waals surface area contributed by atoms with E-state index in [9.17, 15) is 28.8 Å². The second-order valence-electron chi connectivity index (χ2n) is 13.8. The average Bonchev–Trinajstić information content (AvgIpc) is 3.70. The summed E-state index contributed by atoms with van der Waals surface area (Å²) in [5.74, 6) is -5.09. The average molecular weight is 963 g/mol. The lowest BCUT2D eigenvalue weighted by atomic mass is 10.1. The molecule has 1 aromatic heterocycles. The quantitative estimate of drug-likeness (QED) is 0.0669. The van der Waals surface area contributed by atoms with Gasteiger partial charge in [0.25, 0.3) is 0 Å². The lowest BCUT2D eigenvalue weighted by molar-refractivity contribution is -0.140. The van der Waals surface area contributed by atoms with Crippen LogP contribution in [0.1, 0.15) is 57.6 Å². The fourth-order valence-corrected chi connectivity index (χ4v) is 4.20. The molecule has 3 aromatic rings. The van der Waals surface area contributed by atoms with Crippen LogP contribution >= 0.6 is 11.8 Å². The first-order valence-corrected chi connectivity index (χ1v) is 21.9. The van der Waals surface area contributed by atoms with Crippen LogP contribution in [0, 0.1) is 5.92 Å². The number of carbonyl (C=O) groups is 6. The summed E-state index contributed by atoms with van der Waals surface area (Å²) < 4.78 is 0. The number of aromatic amines is 1. The molecule has 0 aliphatic heterocycles. The second kappa shape index (κ2) is 46.3. The van der Waals surface area contributed by atoms with Crippen LogP contribution in [0.2, 0.25) is 0 Å². The molecule has 2 aromatic carbocycles. The van der Waals surface area contributed by atoms with Crippen LogP contribution in [-0.4, -0.2) is 152 Å². The van der Waals surface area contributed by atoms with E-state index in [1.807, 2.05) is 67.0 Å². The normalized spacial score (nSPS) is 11.9. The highest BCUT2D eigenvalue weighted by atomic mass is 32.2. The van der Waals surface area contributed by atoms with E-state index in [0.717, 1.165) is 34.3 Å². The summed E-state index contributed by atoms with van der Waals surface area (Å²) in [6.45, 7) is 7.00. The molecule has 380 valence electrons. The number of aliphatic carboxylic acids is 6. The number of benzene rings is 2. The molecular weight excluding hydrogens is 885 g/mol. The van der Waals surface area contributed by atoms with Crippen molar-refractivity contribution >= 4 is 58.5 Å². The summed E-state index contributed by atoms with van der Waals surface area (Å²) in [7, 11) is 0. The molecule has 0 spiro atoms. The molecule has 0 aliphatic rings. The largest absolute Gasteiger partial charge is 0.480 e. The van der Waals surface area contributed by atoms with Gasteiger partial charge in [-0.3, -0.25) is 28.8 Å². The molecule has 5 unspecified atom stereocenters. The van der Waals surface area contributed by atoms with E-state index in [1.165, 1.54) is 19.3 Å². The molecule has 0 saturated heterocycles. The van der Waals surface area contributed by atoms with Gasteiger partial charge in [-0.1, -0.05) is 82.1 Å². The van der Waals surface area contributed by atoms with Crippen molar-refractivity contribution in [1.82, 2.24) is 4.98 Å². The number of rotatable bonds is 19. The SMILES string of the molecule is CC(C)C(N)C(=O)O.CCCCCN.CSCCC(N)C(=O)O.NC(CO)C(=O)O.NC(Cc1c[nH]c2ccccc12)C(=O)O.NC(Cc1ccccc1)C(=O)O.NCC(=O)O.NCCN. The molecule has 66 heavy (non-hydrogen) atoms. The number of fused-ring (bicyclic) bond motifs is 1. The number of carboxylic acids is 6. The van der Waals surface area contributed by atoms with Crippen molar-refractivity contribution in [2.75, 3.05) is 44.8 Å². The Hall–Kier alpha value is -5.25. The number of hydrogen-bond donors (Lipinski definition) is 17. The molecule has 1 heterocycles. The minimum absolute atomic E-state index is 0.0208. The van der Waals surface area contributed by atoms with E-state index in [-0.39, 0.29) is 12.5 Å². The molecule has 0 fully saturated rings. The van der Waals surface area contributed by atoms with Gasteiger partial charge in [-0.25, -0.2) is 0 Å². The van der Waals surface area contributed by atoms with E-state index in [1.54, 1.807) is 25.6 Å². The number of aromatic nitrogens is 1. The zero-order chi connectivity index (χ0) is 52.2. The molecule has 5 atom stereocenters. The zero-order valence-electron chi connectivity index (χ0n) is 38.4. The van der Waals surface area contributed by atoms with E-state index in [4.69, 9.17) is 81.6 Å². The Morgan fingerprint density at radius 2 is 1.08 bits per heavy atom. The van der Waals surface area contributed by atoms with Crippen LogP contribution in [0.4, 0.5) is 0 Å². The highest BCUT2D eigenvalue weighted by molar-refractivity contribution is 7.98. The first-order valence-electron chi connectivity index (χ1n) is 20.5. The van der Waals surface area contributed by atoms with Gasteiger partial charge in [0.15, 0.2) is 0 Å². The van der Waals surface area contributed by atoms with Crippen LogP contribution in [0.5, 0.6) is 0 Å². The third-order valence-electron chi connectivity index (χ3n) is 7.66. The maximum absolute atomic E-state index is 10.6. The van der Waals surface area contributed by atoms with Gasteiger partial charge in [0.2, 0.25) is 0 Å². The summed E-state index contributed by atoms with van der Waals surface area (Å²) in [5, 5.41) is 58.3. The molecule has 0 saturated carbocycles. The monoisotopic (exact) mass is 963 g/mol. The molecule has 0 bridgehead atoms. The fraction of sp³-hybridized carbons (Fsp3) is 0.524. The second-order valence-corrected chi connectivity index (χ2v) is 14.8. The molecule has 0 amide bonds. The topological polar surface area (TPSA) is 494 Å². The van der Waals surface area contributed by atoms with Gasteiger partial charge in [-0.15, -0.1) is 0 Å². The van der Waals surface area contributed by atoms with E-state index in [2.05, 4.69) is 17.6 Å². The van der Waals surface area contributed by atoms with Gasteiger partial charge in [-0.2, -0.15) is 11.8 Å². The Labute approximate surface area is 390 Å². The Morgan fingerprint density at radius 1 is 0.621 bits per heavy atom. The third kappa shape index (κ3) is 44.0. The lowest BCUT2D eigenvalue weighted by Gasteiger charge is -2.07. The minimum atomic E-state index is -1.18. The van der Waals surface area contributed by atoms with Gasteiger partial charge < -0.3 is 92.3 Å². The molecule has 26 N–H and O–H groups in total. The van der Waals surface area contributed by atoms with Crippen LogP contribution < -0.4 is 51.6 Å². The van der Waals surface area contributed by atoms with E-state index >= 15 is 0 Å². The standard InChI is InChI=1S/C11H12N2O2.C9H11NO2.C5H11NO2S.C5H11NO2.C5H13N.C3H7NO3.C2H8N2.C2H5NO2/c12-9(11(14)15)5-7-6-13-10-4-2-1-3-8(7)10;10-8(9(11)12)6-7-4-2-1-3-5-7;1-9-3-2-4(6)5(7)8;1-3(2)4(6)5(7)8;1-2-3-4-5-6;4-2(1-5)3(6)7;3-1-2-4;3-1-2(4)5/h1-4,6,9,13H,5,12H2,(H,14,15);1-5,8H,6,10H2,(H,11,12);4H,2-3,6H2,1H3,(H,7,8);3-4H,6H2,1-2H3,(H,7,8);2-6H2,1H3;2,5H,1,4H2,(H,6,7);1-4H2;1,3H2,(H,4,5). The zero-order valence-corrected chi connectivity index (χ0v) is 39.2. The number of carboxylic acid groups (broad SMARTS) is 6. The van der Waals surface area contributed by atoms with E-state index in [0.29, 0.717) is 32.4 Å². The highest BCUT2D eigenvalue weighted by Gasteiger charge is 2.15. The number of aliphatic hydroxyl groups excluding tert-OH is 1. The van der Waals surface area contributed by atoms with Gasteiger partial charge in [0.05, 0.1) is 13.2 Å². The van der Waals surface area contributed by atoms with Crippen molar-refractivity contribution in [3.05, 3.63) is 71.9 Å². The number of hydrogen-bond acceptors (Lipinski definition) is 17. The lowest BCUT2D eigenvalue weighted by Crippen LogP contribution is -2.34. The van der Waals surface area contributed by atoms with Crippen LogP contribution in [0.15, 0.2) is 60.8 Å². The fourth-order valence-electron chi connectivity index (χ4n) is 3.71. The Kier molecular flexibility index (Phi) is 48.9. The van der Waals surface area contributed by atoms with Crippen molar-refractivity contribution in [3.63, 3.8) is 0 Å². The van der Waals surface area contributed by atoms with Crippen molar-refractivity contribution in [3.8, 4) is 0 Å². The summed E-state index contributed by atoms with van der Waals surface area (Å²) in [6, 6.07) is 12.9. The molecule has 0 radical (unpaired) electrons. The Morgan fingerprint density at radius 3 is 1.39 bits per heavy atom. The smallest absolute Gasteiger partial charge is 0.322 e. The van der Waals surface area contributed by atoms with Crippen molar-refractivity contribution in [2.24, 2.45) is 57.5 Å². The Bertz CT molecular complexity index is 1690. The number of aliphatic hydroxyl groups is 1. The number of nitrogens with two attached hydrogens (primary N) is 9. The number of unbranched alkanes of at least 4 members (excludes halogenated alkanes) is 2. The van der Waals surface area contributed by atoms with Crippen LogP contribution in [0.3, 0.4) is 0 Å². The van der Waals surface area contributed by atoms with Crippen molar-refractivity contribution in [1.29, 1.82) is 0 Å². The molecule has 0 aliphatic carbocycles. The number of nitrogens with one attached hydrogen (secondary N) is 1. The summed E-state index contributed by atoms with van der Waals surface area (Å²) in [6.07, 6.45) is 8.78. The van der Waals surface area contributed by atoms with E-state index < -0.39 is 72.6 Å². The summed E-state index contributed by atoms with van der Waals surface area (Å²) >= 11 is 1.60. The molecule has 3 rings (SSSR count). The molecular formula is C42H78N10O13S. The van der Waals surface area contributed by atoms with Crippen molar-refractivity contribution < 1.29 is 64.5 Å². The Balaban J connectivity index is -0.000000223. The first kappa shape index (κ1) is 69.8. The van der Waals surface area contributed by atoms with Gasteiger partial charge in [0.1, 0.15) is 30.2 Å². The van der Waals surface area contributed by atoms with Crippen LogP contribution in [0.25, 0.3) is 10.9 Å². The molecule has 24 heteroatoms. The maximum Gasteiger partial charge on any atom is 0.322 e. The summed E-state index contributed by atoms with van der Waals surface area (Å²) in [4.78, 5) is 63.1. The maximum atomic E-state index is 10.6. The predicted molar refractivity (Wildman–Crippen MR) is 259 cm³/mol. The summed E-state index contributed by atoms with van der Waals surface area (Å²) in [5.41, 5.74) is 48.4. The van der Waals surface area contributed by atoms with Gasteiger partial charge in [-0.05, 0) is 60.9 Å². The number of thioether (sulfide) groups is 1. The van der Waals surface area contributed by atoms with Gasteiger partial charge >= 0.3 is 35.8 Å². The first-order chi connectivity index (χ1) is 30.9. The number of H-pyrrole nitrogens is 1. The minimum Gasteiger partial charge on any atom is -0.480 e. The number of para-hydroxylation sites is 1. The van der Waals surface area contributed by atoms with Crippen molar-refractivity contribution in [2.45, 2.75) is 89.5 Å². The highest BCUT2D eigenvalue weighted by Crippen LogP contribution is 2.18. The third-order valence-corrected chi connectivity index (χ3v) is 8.31. The predicted octanol–water partition coefficient (Wildman–Crippen LogP) is -0.572.